The number of nitriles is 1. The Labute approximate surface area is 111 Å². The lowest BCUT2D eigenvalue weighted by molar-refractivity contribution is 0.285. The average molecular weight is 297 g/mol. The first-order valence-corrected chi connectivity index (χ1v) is 6.26. The molecule has 0 saturated carbocycles. The van der Waals surface area contributed by atoms with Crippen LogP contribution in [0, 0.1) is 11.3 Å². The Morgan fingerprint density at radius 1 is 1.47 bits per heavy atom. The molecule has 1 unspecified atom stereocenters. The monoisotopic (exact) mass is 296 g/mol. The highest BCUT2D eigenvalue weighted by Gasteiger charge is 2.15. The van der Waals surface area contributed by atoms with Gasteiger partial charge in [0.05, 0.1) is 17.7 Å². The number of benzene rings is 1. The zero-order valence-electron chi connectivity index (χ0n) is 10.4. The molecule has 0 saturated heterocycles. The number of hydrogen-bond acceptors (Lipinski definition) is 3. The van der Waals surface area contributed by atoms with Gasteiger partial charge in [0.2, 0.25) is 0 Å². The first-order valence-electron chi connectivity index (χ1n) is 5.47. The lowest BCUT2D eigenvalue weighted by Gasteiger charge is -2.24. The molecule has 0 heterocycles. The van der Waals surface area contributed by atoms with E-state index in [2.05, 4.69) is 33.0 Å². The summed E-state index contributed by atoms with van der Waals surface area (Å²) in [7, 11) is 5.71. The molecule has 1 aromatic carbocycles. The third-order valence-electron chi connectivity index (χ3n) is 2.71. The summed E-state index contributed by atoms with van der Waals surface area (Å²) in [6, 6.07) is 8.51. The zero-order valence-corrected chi connectivity index (χ0v) is 12.0. The van der Waals surface area contributed by atoms with Gasteiger partial charge in [-0.25, -0.2) is 0 Å². The molecule has 0 aliphatic rings. The molecule has 1 rings (SSSR count). The maximum atomic E-state index is 8.68. The van der Waals surface area contributed by atoms with Gasteiger partial charge in [0.15, 0.2) is 0 Å². The maximum absolute atomic E-state index is 8.68. The molecule has 17 heavy (non-hydrogen) atoms. The van der Waals surface area contributed by atoms with Crippen LogP contribution in [-0.4, -0.2) is 26.1 Å². The minimum atomic E-state index is 0.261. The molecule has 0 spiro atoms. The van der Waals surface area contributed by atoms with Gasteiger partial charge in [-0.1, -0.05) is 6.07 Å². The van der Waals surface area contributed by atoms with Gasteiger partial charge in [-0.2, -0.15) is 5.26 Å². The smallest absolute Gasteiger partial charge is 0.133 e. The van der Waals surface area contributed by atoms with Crippen molar-refractivity contribution in [2.75, 3.05) is 21.2 Å². The van der Waals surface area contributed by atoms with Crippen LogP contribution in [0.3, 0.4) is 0 Å². The molecule has 0 aromatic heterocycles. The van der Waals surface area contributed by atoms with Crippen LogP contribution in [-0.2, 0) is 0 Å². The molecular formula is C13H17BrN2O. The van der Waals surface area contributed by atoms with Crippen LogP contribution in [0.15, 0.2) is 22.7 Å². The highest BCUT2D eigenvalue weighted by molar-refractivity contribution is 9.10. The summed E-state index contributed by atoms with van der Waals surface area (Å²) >= 11 is 3.48. The molecule has 0 aliphatic heterocycles. The number of nitrogens with zero attached hydrogens (tertiary/aromatic N) is 2. The fourth-order valence-corrected chi connectivity index (χ4v) is 2.37. The van der Waals surface area contributed by atoms with Gasteiger partial charge in [0.25, 0.3) is 0 Å². The van der Waals surface area contributed by atoms with Crippen LogP contribution < -0.4 is 4.74 Å². The maximum Gasteiger partial charge on any atom is 0.133 e. The van der Waals surface area contributed by atoms with E-state index < -0.39 is 0 Å². The summed E-state index contributed by atoms with van der Waals surface area (Å²) in [5.41, 5.74) is 1.19. The average Bonchev–Trinajstić information content (AvgIpc) is 2.29. The van der Waals surface area contributed by atoms with Gasteiger partial charge in [0, 0.05) is 12.5 Å². The van der Waals surface area contributed by atoms with Gasteiger partial charge in [-0.05, 0) is 54.1 Å². The predicted octanol–water partition coefficient (Wildman–Crippen LogP) is 3.36. The van der Waals surface area contributed by atoms with Crippen molar-refractivity contribution in [2.45, 2.75) is 18.9 Å². The Hall–Kier alpha value is -1.05. The van der Waals surface area contributed by atoms with E-state index in [1.807, 2.05) is 26.2 Å². The van der Waals surface area contributed by atoms with Crippen molar-refractivity contribution in [3.05, 3.63) is 28.2 Å². The van der Waals surface area contributed by atoms with Crippen molar-refractivity contribution < 1.29 is 4.74 Å². The van der Waals surface area contributed by atoms with E-state index in [0.717, 1.165) is 16.6 Å². The number of rotatable bonds is 5. The molecule has 0 fully saturated rings. The highest BCUT2D eigenvalue weighted by Crippen LogP contribution is 2.31. The molecule has 1 atom stereocenters. The van der Waals surface area contributed by atoms with E-state index in [9.17, 15) is 0 Å². The first-order chi connectivity index (χ1) is 8.10. The van der Waals surface area contributed by atoms with E-state index in [1.54, 1.807) is 7.11 Å². The van der Waals surface area contributed by atoms with E-state index in [0.29, 0.717) is 6.42 Å². The van der Waals surface area contributed by atoms with Crippen molar-refractivity contribution in [1.29, 1.82) is 5.26 Å². The fraction of sp³-hybridized carbons (Fsp3) is 0.462. The minimum absolute atomic E-state index is 0.261. The normalized spacial score (nSPS) is 12.2. The van der Waals surface area contributed by atoms with E-state index >= 15 is 0 Å². The highest BCUT2D eigenvalue weighted by atomic mass is 79.9. The van der Waals surface area contributed by atoms with E-state index in [1.165, 1.54) is 5.56 Å². The summed E-state index contributed by atoms with van der Waals surface area (Å²) in [4.78, 5) is 2.13. The van der Waals surface area contributed by atoms with Gasteiger partial charge < -0.3 is 9.64 Å². The largest absolute Gasteiger partial charge is 0.496 e. The summed E-state index contributed by atoms with van der Waals surface area (Å²) < 4.78 is 6.15. The van der Waals surface area contributed by atoms with Crippen molar-refractivity contribution in [3.8, 4) is 11.8 Å². The van der Waals surface area contributed by atoms with Crippen molar-refractivity contribution in [3.63, 3.8) is 0 Å². The zero-order chi connectivity index (χ0) is 12.8. The van der Waals surface area contributed by atoms with Crippen LogP contribution in [0.2, 0.25) is 0 Å². The SMILES string of the molecule is COc1ccc(C(CCC#N)N(C)C)cc1Br. The molecule has 0 bridgehead atoms. The minimum Gasteiger partial charge on any atom is -0.496 e. The van der Waals surface area contributed by atoms with Crippen LogP contribution in [0.1, 0.15) is 24.4 Å². The van der Waals surface area contributed by atoms with Gasteiger partial charge >= 0.3 is 0 Å². The Balaban J connectivity index is 2.95. The Morgan fingerprint density at radius 3 is 2.65 bits per heavy atom. The van der Waals surface area contributed by atoms with Gasteiger partial charge in [-0.3, -0.25) is 0 Å². The van der Waals surface area contributed by atoms with E-state index in [4.69, 9.17) is 10.00 Å². The molecule has 1 aromatic rings. The van der Waals surface area contributed by atoms with Gasteiger partial charge in [0.1, 0.15) is 5.75 Å². The van der Waals surface area contributed by atoms with Crippen LogP contribution >= 0.6 is 15.9 Å². The molecule has 0 aliphatic carbocycles. The molecule has 92 valence electrons. The van der Waals surface area contributed by atoms with Gasteiger partial charge in [-0.15, -0.1) is 0 Å². The molecule has 0 radical (unpaired) electrons. The fourth-order valence-electron chi connectivity index (χ4n) is 1.81. The number of halogens is 1. The molecule has 4 heteroatoms. The predicted molar refractivity (Wildman–Crippen MR) is 72.0 cm³/mol. The van der Waals surface area contributed by atoms with Crippen molar-refractivity contribution >= 4 is 15.9 Å². The molecule has 0 amide bonds. The molecule has 0 N–H and O–H groups in total. The number of ether oxygens (including phenoxy) is 1. The third-order valence-corrected chi connectivity index (χ3v) is 3.33. The van der Waals surface area contributed by atoms with E-state index in [-0.39, 0.29) is 6.04 Å². The first kappa shape index (κ1) is 14.0. The lowest BCUT2D eigenvalue weighted by Crippen LogP contribution is -2.19. The Morgan fingerprint density at radius 2 is 2.18 bits per heavy atom. The molecular weight excluding hydrogens is 280 g/mol. The summed E-state index contributed by atoms with van der Waals surface area (Å²) in [6.45, 7) is 0. The Kier molecular flexibility index (Phi) is 5.46. The van der Waals surface area contributed by atoms with Crippen LogP contribution in [0.5, 0.6) is 5.75 Å². The summed E-state index contributed by atoms with van der Waals surface area (Å²) in [5, 5.41) is 8.68. The Bertz CT molecular complexity index is 412. The van der Waals surface area contributed by atoms with Crippen molar-refractivity contribution in [2.24, 2.45) is 0 Å². The third kappa shape index (κ3) is 3.72. The second-order valence-electron chi connectivity index (χ2n) is 4.07. The van der Waals surface area contributed by atoms with Crippen molar-refractivity contribution in [1.82, 2.24) is 4.90 Å². The standard InChI is InChI=1S/C13H17BrN2O/c1-16(2)12(5-4-8-15)10-6-7-13(17-3)11(14)9-10/h6-7,9,12H,4-5H2,1-3H3. The number of methoxy groups -OCH3 is 1. The quantitative estimate of drug-likeness (QED) is 0.836. The topological polar surface area (TPSA) is 36.3 Å². The van der Waals surface area contributed by atoms with Crippen LogP contribution in [0.4, 0.5) is 0 Å². The van der Waals surface area contributed by atoms with Crippen LogP contribution in [0.25, 0.3) is 0 Å². The lowest BCUT2D eigenvalue weighted by atomic mass is 10.0. The second kappa shape index (κ2) is 6.63. The second-order valence-corrected chi connectivity index (χ2v) is 4.92. The summed E-state index contributed by atoms with van der Waals surface area (Å²) in [5.74, 6) is 0.825. The molecule has 3 nitrogen and oxygen atoms in total. The number of hydrogen-bond donors (Lipinski definition) is 0. The summed E-state index contributed by atoms with van der Waals surface area (Å²) in [6.07, 6.45) is 1.40.